The quantitative estimate of drug-likeness (QED) is 0.0998. The number of benzene rings is 2. The lowest BCUT2D eigenvalue weighted by molar-refractivity contribution is -0.138. The normalized spacial score (nSPS) is 19.2. The second kappa shape index (κ2) is 20.3. The fraction of sp³-hybridized carbons (Fsp3) is 0.400. The Bertz CT molecular complexity index is 1750. The van der Waals surface area contributed by atoms with E-state index in [1.54, 1.807) is 48.8 Å². The van der Waals surface area contributed by atoms with E-state index in [0.717, 1.165) is 29.5 Å². The van der Waals surface area contributed by atoms with E-state index in [-0.39, 0.29) is 60.5 Å². The van der Waals surface area contributed by atoms with Crippen molar-refractivity contribution < 1.29 is 43.2 Å². The van der Waals surface area contributed by atoms with Crippen molar-refractivity contribution in [2.75, 3.05) is 26.4 Å². The molecule has 2 aromatic carbocycles. The molecule has 2 aromatic heterocycles. The Hall–Kier alpha value is -4.98. The molecule has 0 bridgehead atoms. The molecule has 53 heavy (non-hydrogen) atoms. The van der Waals surface area contributed by atoms with E-state index < -0.39 is 12.0 Å². The summed E-state index contributed by atoms with van der Waals surface area (Å²) in [7, 11) is 0. The van der Waals surface area contributed by atoms with Crippen LogP contribution in [0, 0.1) is 23.5 Å². The summed E-state index contributed by atoms with van der Waals surface area (Å²) in [5.74, 6) is -0.827. The molecule has 284 valence electrons. The summed E-state index contributed by atoms with van der Waals surface area (Å²) < 4.78 is 36.8. The van der Waals surface area contributed by atoms with Gasteiger partial charge < -0.3 is 35.8 Å². The highest BCUT2D eigenvalue weighted by molar-refractivity contribution is 5.83. The number of aliphatic carboxylic acids is 1. The molecule has 2 aliphatic rings. The van der Waals surface area contributed by atoms with Crippen LogP contribution in [0.5, 0.6) is 11.8 Å². The van der Waals surface area contributed by atoms with Gasteiger partial charge >= 0.3 is 5.97 Å². The number of carboxylic acids is 1. The molecule has 1 amide bonds. The Morgan fingerprint density at radius 2 is 1.30 bits per heavy atom. The average molecular weight is 735 g/mol. The zero-order chi connectivity index (χ0) is 38.3. The number of aromatic nitrogens is 2. The molecule has 2 saturated carbocycles. The number of carbonyl (C=O) groups excluding carboxylic acids is 1. The number of amides is 1. The van der Waals surface area contributed by atoms with Crippen LogP contribution in [0.15, 0.2) is 85.2 Å². The Morgan fingerprint density at radius 1 is 0.792 bits per heavy atom. The summed E-state index contributed by atoms with van der Waals surface area (Å²) in [5, 5.41) is 30.0. The summed E-state index contributed by atoms with van der Waals surface area (Å²) in [5.41, 5.74) is 8.78. The summed E-state index contributed by atoms with van der Waals surface area (Å²) in [6, 6.07) is 18.7. The van der Waals surface area contributed by atoms with E-state index in [9.17, 15) is 23.5 Å². The second-order valence-corrected chi connectivity index (χ2v) is 12.9. The first kappa shape index (κ1) is 40.8. The SMILES string of the molecule is CCCOc1ccc([C@@H](N)CO)cn1.CCCOc1ccc([C@H](CO)NC(=O)[C@H]2C[C@@H]2c2cccc(F)c2)cn1.O=C(O)[C@H]1C[C@@H]1c1cccc(F)c1. The Kier molecular flexibility index (Phi) is 15.6. The van der Waals surface area contributed by atoms with Crippen molar-refractivity contribution in [3.05, 3.63) is 119 Å². The molecule has 0 aliphatic heterocycles. The number of pyridine rings is 2. The number of carbonyl (C=O) groups is 2. The van der Waals surface area contributed by atoms with E-state index in [2.05, 4.69) is 15.3 Å². The van der Waals surface area contributed by atoms with Gasteiger partial charge in [0.25, 0.3) is 0 Å². The van der Waals surface area contributed by atoms with Crippen molar-refractivity contribution in [1.82, 2.24) is 15.3 Å². The fourth-order valence-corrected chi connectivity index (χ4v) is 5.58. The zero-order valence-corrected chi connectivity index (χ0v) is 29.9. The Labute approximate surface area is 308 Å². The van der Waals surface area contributed by atoms with Crippen LogP contribution in [0.2, 0.25) is 0 Å². The van der Waals surface area contributed by atoms with E-state index in [1.165, 1.54) is 24.3 Å². The van der Waals surface area contributed by atoms with Gasteiger partial charge in [0.15, 0.2) is 0 Å². The number of ether oxygens (including phenoxy) is 2. The van der Waals surface area contributed by atoms with Gasteiger partial charge in [-0.15, -0.1) is 0 Å². The van der Waals surface area contributed by atoms with Gasteiger partial charge in [-0.05, 0) is 90.1 Å². The number of carboxylic acid groups (broad SMARTS) is 1. The molecule has 4 aromatic rings. The third-order valence-corrected chi connectivity index (χ3v) is 8.74. The number of halogens is 2. The number of hydrogen-bond acceptors (Lipinski definition) is 9. The van der Waals surface area contributed by atoms with Crippen LogP contribution in [0.3, 0.4) is 0 Å². The van der Waals surface area contributed by atoms with Crippen LogP contribution < -0.4 is 20.5 Å². The highest BCUT2D eigenvalue weighted by atomic mass is 19.1. The molecule has 0 radical (unpaired) electrons. The van der Waals surface area contributed by atoms with Crippen molar-refractivity contribution in [1.29, 1.82) is 0 Å². The number of rotatable bonds is 15. The predicted molar refractivity (Wildman–Crippen MR) is 194 cm³/mol. The van der Waals surface area contributed by atoms with Gasteiger partial charge in [0, 0.05) is 30.4 Å². The summed E-state index contributed by atoms with van der Waals surface area (Å²) in [4.78, 5) is 31.3. The molecule has 0 unspecified atom stereocenters. The second-order valence-electron chi connectivity index (χ2n) is 12.9. The lowest BCUT2D eigenvalue weighted by Gasteiger charge is -2.17. The van der Waals surface area contributed by atoms with Gasteiger partial charge in [-0.1, -0.05) is 44.2 Å². The van der Waals surface area contributed by atoms with Crippen molar-refractivity contribution in [3.8, 4) is 11.8 Å². The third kappa shape index (κ3) is 12.6. The van der Waals surface area contributed by atoms with E-state index in [1.807, 2.05) is 26.0 Å². The van der Waals surface area contributed by atoms with Crippen molar-refractivity contribution >= 4 is 11.9 Å². The van der Waals surface area contributed by atoms with Crippen LogP contribution in [0.4, 0.5) is 8.78 Å². The highest BCUT2D eigenvalue weighted by Crippen LogP contribution is 2.48. The molecule has 11 nitrogen and oxygen atoms in total. The lowest BCUT2D eigenvalue weighted by atomic mass is 10.1. The van der Waals surface area contributed by atoms with Gasteiger partial charge in [0.05, 0.1) is 44.4 Å². The Morgan fingerprint density at radius 3 is 1.72 bits per heavy atom. The summed E-state index contributed by atoms with van der Waals surface area (Å²) in [6.07, 6.45) is 6.41. The number of aliphatic hydroxyl groups is 2. The van der Waals surface area contributed by atoms with Gasteiger partial charge in [0.2, 0.25) is 17.7 Å². The molecule has 0 spiro atoms. The largest absolute Gasteiger partial charge is 0.481 e. The molecule has 6 rings (SSSR count). The first-order chi connectivity index (χ1) is 25.6. The van der Waals surface area contributed by atoms with Crippen LogP contribution in [-0.2, 0) is 9.59 Å². The standard InChI is InChI=1S/C20H23FN2O3.C10H9FO2.C10H16N2O2/c1-2-8-26-19-7-6-14(11-22-19)18(12-24)23-20(25)17-10-16(17)13-4-3-5-15(21)9-13;11-7-3-1-2-6(4-7)8-5-9(8)10(12)13;1-2-5-14-10-4-3-8(6-12-10)9(11)7-13/h3-7,9,11,16-18,24H,2,8,10,12H2,1H3,(H,23,25);1-4,8-9H,5H2,(H,12,13);3-4,6,9,13H,2,5,7,11H2,1H3/t16-,17+,18+;8-,9+;9-/m110/s1. The maximum Gasteiger partial charge on any atom is 0.307 e. The molecular weight excluding hydrogens is 686 g/mol. The minimum atomic E-state index is -0.783. The smallest absolute Gasteiger partial charge is 0.307 e. The maximum absolute atomic E-state index is 13.3. The minimum Gasteiger partial charge on any atom is -0.481 e. The number of nitrogens with one attached hydrogen (secondary N) is 1. The Balaban J connectivity index is 0.000000196. The third-order valence-electron chi connectivity index (χ3n) is 8.74. The molecule has 0 saturated heterocycles. The molecule has 2 fully saturated rings. The predicted octanol–water partition coefficient (Wildman–Crippen LogP) is 5.84. The van der Waals surface area contributed by atoms with Gasteiger partial charge in [-0.2, -0.15) is 0 Å². The van der Waals surface area contributed by atoms with Crippen LogP contribution in [0.1, 0.15) is 85.7 Å². The molecule has 6 atom stereocenters. The van der Waals surface area contributed by atoms with E-state index >= 15 is 0 Å². The number of nitrogens with two attached hydrogens (primary N) is 1. The van der Waals surface area contributed by atoms with Crippen LogP contribution in [-0.4, -0.2) is 63.6 Å². The molecule has 2 heterocycles. The monoisotopic (exact) mass is 734 g/mol. The topological polar surface area (TPSA) is 177 Å². The number of aliphatic hydroxyl groups excluding tert-OH is 2. The minimum absolute atomic E-state index is 0.0215. The molecular formula is C40H48F2N4O7. The van der Waals surface area contributed by atoms with Crippen LogP contribution in [0.25, 0.3) is 0 Å². The molecule has 2 aliphatic carbocycles. The maximum atomic E-state index is 13.3. The van der Waals surface area contributed by atoms with Gasteiger partial charge in [-0.25, -0.2) is 18.7 Å². The summed E-state index contributed by atoms with van der Waals surface area (Å²) >= 11 is 0. The van der Waals surface area contributed by atoms with Crippen molar-refractivity contribution in [3.63, 3.8) is 0 Å². The fourth-order valence-electron chi connectivity index (χ4n) is 5.58. The van der Waals surface area contributed by atoms with Crippen LogP contribution >= 0.6 is 0 Å². The van der Waals surface area contributed by atoms with Crippen molar-refractivity contribution in [2.24, 2.45) is 17.6 Å². The number of nitrogens with zero attached hydrogens (tertiary/aromatic N) is 2. The van der Waals surface area contributed by atoms with Gasteiger partial charge in [0.1, 0.15) is 11.6 Å². The average Bonchev–Trinajstić information content (AvgIpc) is 4.11. The summed E-state index contributed by atoms with van der Waals surface area (Å²) in [6.45, 7) is 5.02. The number of hydrogen-bond donors (Lipinski definition) is 5. The van der Waals surface area contributed by atoms with Gasteiger partial charge in [-0.3, -0.25) is 9.59 Å². The first-order valence-corrected chi connectivity index (χ1v) is 17.8. The van der Waals surface area contributed by atoms with E-state index in [0.29, 0.717) is 43.4 Å². The van der Waals surface area contributed by atoms with Crippen molar-refractivity contribution in [2.45, 2.75) is 63.5 Å². The highest BCUT2D eigenvalue weighted by Gasteiger charge is 2.45. The molecule has 13 heteroatoms. The lowest BCUT2D eigenvalue weighted by Crippen LogP contribution is -2.32. The zero-order valence-electron chi connectivity index (χ0n) is 29.9. The first-order valence-electron chi connectivity index (χ1n) is 17.8. The molecule has 6 N–H and O–H groups in total. The van der Waals surface area contributed by atoms with E-state index in [4.69, 9.17) is 25.4 Å².